The topological polar surface area (TPSA) is 48.0 Å². The summed E-state index contributed by atoms with van der Waals surface area (Å²) in [6, 6.07) is 6.40. The van der Waals surface area contributed by atoms with Crippen LogP contribution in [0.25, 0.3) is 0 Å². The molecule has 1 atom stereocenters. The number of rotatable bonds is 7. The van der Waals surface area contributed by atoms with Gasteiger partial charge in [0.15, 0.2) is 11.5 Å². The molecule has 1 amide bonds. The van der Waals surface area contributed by atoms with E-state index in [1.807, 2.05) is 12.1 Å². The number of hydrogen-bond donors (Lipinski definition) is 0. The van der Waals surface area contributed by atoms with Gasteiger partial charge in [-0.3, -0.25) is 4.79 Å². The number of hydrogen-bond acceptors (Lipinski definition) is 4. The largest absolute Gasteiger partial charge is 0.493 e. The fourth-order valence-electron chi connectivity index (χ4n) is 4.11. The van der Waals surface area contributed by atoms with E-state index >= 15 is 0 Å². The van der Waals surface area contributed by atoms with E-state index in [4.69, 9.17) is 14.2 Å². The molecule has 5 nitrogen and oxygen atoms in total. The predicted molar refractivity (Wildman–Crippen MR) is 101 cm³/mol. The lowest BCUT2D eigenvalue weighted by Crippen LogP contribution is -2.45. The second-order valence-electron chi connectivity index (χ2n) is 7.32. The fourth-order valence-corrected chi connectivity index (χ4v) is 4.11. The molecule has 3 rings (SSSR count). The van der Waals surface area contributed by atoms with Gasteiger partial charge in [-0.25, -0.2) is 0 Å². The van der Waals surface area contributed by atoms with Crippen LogP contribution in [0, 0.1) is 5.92 Å². The fraction of sp³-hybridized carbons (Fsp3) is 0.667. The number of methoxy groups -OCH3 is 2. The second kappa shape index (κ2) is 9.26. The van der Waals surface area contributed by atoms with E-state index in [0.717, 1.165) is 43.7 Å². The van der Waals surface area contributed by atoms with E-state index < -0.39 is 0 Å². The monoisotopic (exact) mass is 361 g/mol. The SMILES string of the molecule is COc1ccc(CCN(C(=O)[C@H]2CCOC2)C2CCCCC2)cc1OC. The van der Waals surface area contributed by atoms with Crippen LogP contribution in [-0.2, 0) is 16.0 Å². The Morgan fingerprint density at radius 2 is 1.88 bits per heavy atom. The van der Waals surface area contributed by atoms with Gasteiger partial charge >= 0.3 is 0 Å². The third kappa shape index (κ3) is 4.50. The van der Waals surface area contributed by atoms with Crippen molar-refractivity contribution in [1.82, 2.24) is 4.90 Å². The van der Waals surface area contributed by atoms with Gasteiger partial charge in [-0.1, -0.05) is 25.3 Å². The Balaban J connectivity index is 1.69. The van der Waals surface area contributed by atoms with Crippen molar-refractivity contribution in [2.45, 2.75) is 51.0 Å². The van der Waals surface area contributed by atoms with Crippen molar-refractivity contribution in [3.05, 3.63) is 23.8 Å². The average Bonchev–Trinajstić information content (AvgIpc) is 3.23. The van der Waals surface area contributed by atoms with Crippen molar-refractivity contribution in [3.8, 4) is 11.5 Å². The van der Waals surface area contributed by atoms with E-state index in [0.29, 0.717) is 19.3 Å². The Morgan fingerprint density at radius 1 is 1.12 bits per heavy atom. The second-order valence-corrected chi connectivity index (χ2v) is 7.32. The summed E-state index contributed by atoms with van der Waals surface area (Å²) in [5, 5.41) is 0. The lowest BCUT2D eigenvalue weighted by molar-refractivity contribution is -0.138. The molecule has 1 heterocycles. The van der Waals surface area contributed by atoms with Crippen LogP contribution in [0.3, 0.4) is 0 Å². The highest BCUT2D eigenvalue weighted by atomic mass is 16.5. The maximum absolute atomic E-state index is 13.1. The summed E-state index contributed by atoms with van der Waals surface area (Å²) in [6.45, 7) is 2.05. The molecule has 1 saturated carbocycles. The van der Waals surface area contributed by atoms with Crippen molar-refractivity contribution in [3.63, 3.8) is 0 Å². The average molecular weight is 361 g/mol. The highest BCUT2D eigenvalue weighted by Gasteiger charge is 2.32. The van der Waals surface area contributed by atoms with Crippen molar-refractivity contribution in [2.24, 2.45) is 5.92 Å². The number of carbonyl (C=O) groups is 1. The maximum Gasteiger partial charge on any atom is 0.228 e. The number of nitrogens with zero attached hydrogens (tertiary/aromatic N) is 1. The van der Waals surface area contributed by atoms with Crippen molar-refractivity contribution in [2.75, 3.05) is 34.0 Å². The molecule has 0 aromatic heterocycles. The van der Waals surface area contributed by atoms with E-state index in [1.165, 1.54) is 24.8 Å². The van der Waals surface area contributed by atoms with Crippen LogP contribution < -0.4 is 9.47 Å². The molecule has 0 bridgehead atoms. The normalized spacial score (nSPS) is 20.8. The van der Waals surface area contributed by atoms with Gasteiger partial charge in [-0.15, -0.1) is 0 Å². The Bertz CT molecular complexity index is 592. The molecule has 0 N–H and O–H groups in total. The first kappa shape index (κ1) is 19.0. The summed E-state index contributed by atoms with van der Waals surface area (Å²) in [6.07, 6.45) is 7.70. The lowest BCUT2D eigenvalue weighted by Gasteiger charge is -2.36. The molecule has 1 saturated heterocycles. The first-order chi connectivity index (χ1) is 12.7. The van der Waals surface area contributed by atoms with Gasteiger partial charge in [0.1, 0.15) is 0 Å². The zero-order valence-electron chi connectivity index (χ0n) is 16.0. The molecule has 2 fully saturated rings. The standard InChI is InChI=1S/C21H31NO4/c1-24-19-9-8-16(14-20(19)25-2)10-12-22(18-6-4-3-5-7-18)21(23)17-11-13-26-15-17/h8-9,14,17-18H,3-7,10-13,15H2,1-2H3/t17-/m0/s1. The van der Waals surface area contributed by atoms with Gasteiger partial charge in [-0.2, -0.15) is 0 Å². The molecule has 0 radical (unpaired) electrons. The quantitative estimate of drug-likeness (QED) is 0.746. The minimum Gasteiger partial charge on any atom is -0.493 e. The van der Waals surface area contributed by atoms with Crippen molar-refractivity contribution in [1.29, 1.82) is 0 Å². The van der Waals surface area contributed by atoms with Gasteiger partial charge in [0, 0.05) is 19.2 Å². The predicted octanol–water partition coefficient (Wildman–Crippen LogP) is 3.44. The molecule has 144 valence electrons. The Labute approximate surface area is 156 Å². The van der Waals surface area contributed by atoms with E-state index in [-0.39, 0.29) is 11.8 Å². The summed E-state index contributed by atoms with van der Waals surface area (Å²) in [4.78, 5) is 15.2. The van der Waals surface area contributed by atoms with Gasteiger partial charge in [-0.05, 0) is 43.4 Å². The Kier molecular flexibility index (Phi) is 6.78. The van der Waals surface area contributed by atoms with E-state index in [2.05, 4.69) is 11.0 Å². The summed E-state index contributed by atoms with van der Waals surface area (Å²) in [5.74, 6) is 1.81. The minimum absolute atomic E-state index is 0.0438. The van der Waals surface area contributed by atoms with Crippen LogP contribution in [-0.4, -0.2) is 50.8 Å². The molecule has 5 heteroatoms. The molecule has 1 aliphatic heterocycles. The molecule has 2 aliphatic rings. The zero-order chi connectivity index (χ0) is 18.4. The van der Waals surface area contributed by atoms with Gasteiger partial charge in [0.25, 0.3) is 0 Å². The maximum atomic E-state index is 13.1. The smallest absolute Gasteiger partial charge is 0.228 e. The van der Waals surface area contributed by atoms with Crippen molar-refractivity contribution >= 4 is 5.91 Å². The third-order valence-electron chi connectivity index (χ3n) is 5.67. The summed E-state index contributed by atoms with van der Waals surface area (Å²) in [7, 11) is 3.30. The van der Waals surface area contributed by atoms with Crippen LogP contribution in [0.2, 0.25) is 0 Å². The Hall–Kier alpha value is -1.75. The van der Waals surface area contributed by atoms with Crippen molar-refractivity contribution < 1.29 is 19.0 Å². The number of amides is 1. The molecule has 0 spiro atoms. The highest BCUT2D eigenvalue weighted by Crippen LogP contribution is 2.29. The molecule has 26 heavy (non-hydrogen) atoms. The lowest BCUT2D eigenvalue weighted by atomic mass is 9.92. The minimum atomic E-state index is 0.0438. The number of benzene rings is 1. The summed E-state index contributed by atoms with van der Waals surface area (Å²) in [5.41, 5.74) is 1.17. The van der Waals surface area contributed by atoms with Crippen LogP contribution in [0.15, 0.2) is 18.2 Å². The summed E-state index contributed by atoms with van der Waals surface area (Å²) >= 11 is 0. The van der Waals surface area contributed by atoms with Gasteiger partial charge < -0.3 is 19.1 Å². The van der Waals surface area contributed by atoms with E-state index in [9.17, 15) is 4.79 Å². The van der Waals surface area contributed by atoms with Gasteiger partial charge in [0.05, 0.1) is 26.7 Å². The molecule has 1 aromatic carbocycles. The van der Waals surface area contributed by atoms with Gasteiger partial charge in [0.2, 0.25) is 5.91 Å². The van der Waals surface area contributed by atoms with Crippen LogP contribution in [0.1, 0.15) is 44.1 Å². The van der Waals surface area contributed by atoms with Crippen LogP contribution >= 0.6 is 0 Å². The molecule has 1 aliphatic carbocycles. The van der Waals surface area contributed by atoms with Crippen LogP contribution in [0.5, 0.6) is 11.5 Å². The number of carbonyl (C=O) groups excluding carboxylic acids is 1. The molecule has 1 aromatic rings. The highest BCUT2D eigenvalue weighted by molar-refractivity contribution is 5.79. The Morgan fingerprint density at radius 3 is 2.54 bits per heavy atom. The summed E-state index contributed by atoms with van der Waals surface area (Å²) < 4.78 is 16.2. The third-order valence-corrected chi connectivity index (χ3v) is 5.67. The molecular formula is C21H31NO4. The van der Waals surface area contributed by atoms with Crippen LogP contribution in [0.4, 0.5) is 0 Å². The molecule has 0 unspecified atom stereocenters. The zero-order valence-corrected chi connectivity index (χ0v) is 16.0. The first-order valence-corrected chi connectivity index (χ1v) is 9.82. The molecular weight excluding hydrogens is 330 g/mol. The number of ether oxygens (including phenoxy) is 3. The van der Waals surface area contributed by atoms with E-state index in [1.54, 1.807) is 14.2 Å². The first-order valence-electron chi connectivity index (χ1n) is 9.82.